The molecule has 0 bridgehead atoms. The molecular formula is C28H33NO2. The van der Waals surface area contributed by atoms with Crippen molar-refractivity contribution in [2.45, 2.75) is 71.1 Å². The third kappa shape index (κ3) is 4.46. The Morgan fingerprint density at radius 3 is 2.29 bits per heavy atom. The molecule has 4 rings (SSSR count). The molecule has 3 heteroatoms. The van der Waals surface area contributed by atoms with Gasteiger partial charge in [-0.25, -0.2) is 0 Å². The Kier molecular flexibility index (Phi) is 6.04. The van der Waals surface area contributed by atoms with E-state index in [2.05, 4.69) is 79.9 Å². The van der Waals surface area contributed by atoms with Crippen molar-refractivity contribution in [2.75, 3.05) is 0 Å². The highest BCUT2D eigenvalue weighted by molar-refractivity contribution is 5.72. The molecule has 0 fully saturated rings. The molecule has 1 aliphatic rings. The van der Waals surface area contributed by atoms with Crippen molar-refractivity contribution in [1.29, 1.82) is 0 Å². The first kappa shape index (κ1) is 21.4. The number of hydrogen-bond acceptors (Lipinski definition) is 1. The number of nitrogens with zero attached hydrogens (tertiary/aromatic N) is 1. The zero-order valence-corrected chi connectivity index (χ0v) is 18.9. The van der Waals surface area contributed by atoms with Crippen LogP contribution in [-0.2, 0) is 29.5 Å². The normalized spacial score (nSPS) is 13.8. The van der Waals surface area contributed by atoms with Crippen LogP contribution in [0.15, 0.2) is 54.6 Å². The average molecular weight is 416 g/mol. The lowest BCUT2D eigenvalue weighted by molar-refractivity contribution is -0.137. The maximum absolute atomic E-state index is 10.8. The first-order chi connectivity index (χ1) is 14.9. The first-order valence-corrected chi connectivity index (χ1v) is 11.5. The molecule has 2 aromatic carbocycles. The number of carboxylic acids is 1. The fraction of sp³-hybridized carbons (Fsp3) is 0.393. The van der Waals surface area contributed by atoms with Crippen molar-refractivity contribution in [3.05, 3.63) is 77.0 Å². The molecule has 1 aliphatic carbocycles. The molecule has 0 radical (unpaired) electrons. The zero-order valence-electron chi connectivity index (χ0n) is 18.9. The second kappa shape index (κ2) is 8.74. The molecule has 0 amide bonds. The highest BCUT2D eigenvalue weighted by Gasteiger charge is 2.32. The summed E-state index contributed by atoms with van der Waals surface area (Å²) in [5, 5.41) is 8.90. The molecule has 0 spiro atoms. The highest BCUT2D eigenvalue weighted by Crippen LogP contribution is 2.43. The van der Waals surface area contributed by atoms with Crippen LogP contribution in [0.2, 0.25) is 0 Å². The minimum absolute atomic E-state index is 0.0641. The van der Waals surface area contributed by atoms with Gasteiger partial charge in [0.25, 0.3) is 0 Å². The summed E-state index contributed by atoms with van der Waals surface area (Å²) in [6.07, 6.45) is 6.47. The maximum Gasteiger partial charge on any atom is 0.303 e. The zero-order chi connectivity index (χ0) is 22.0. The lowest BCUT2D eigenvalue weighted by Gasteiger charge is -2.24. The van der Waals surface area contributed by atoms with E-state index < -0.39 is 5.97 Å². The predicted molar refractivity (Wildman–Crippen MR) is 127 cm³/mol. The average Bonchev–Trinajstić information content (AvgIpc) is 3.10. The van der Waals surface area contributed by atoms with Gasteiger partial charge in [-0.15, -0.1) is 0 Å². The Morgan fingerprint density at radius 2 is 1.65 bits per heavy atom. The first-order valence-electron chi connectivity index (χ1n) is 11.5. The molecule has 162 valence electrons. The number of fused-ring (bicyclic) bond motifs is 1. The van der Waals surface area contributed by atoms with Crippen molar-refractivity contribution >= 4 is 5.97 Å². The van der Waals surface area contributed by atoms with E-state index in [0.29, 0.717) is 6.42 Å². The van der Waals surface area contributed by atoms with Crippen molar-refractivity contribution in [3.8, 4) is 16.9 Å². The van der Waals surface area contributed by atoms with Crippen LogP contribution in [-0.4, -0.2) is 15.6 Å². The summed E-state index contributed by atoms with van der Waals surface area (Å²) in [4.78, 5) is 10.8. The van der Waals surface area contributed by atoms with E-state index in [1.54, 1.807) is 5.56 Å². The van der Waals surface area contributed by atoms with E-state index in [4.69, 9.17) is 5.11 Å². The summed E-state index contributed by atoms with van der Waals surface area (Å²) < 4.78 is 2.51. The van der Waals surface area contributed by atoms with Crippen LogP contribution in [0.4, 0.5) is 0 Å². The Bertz CT molecular complexity index is 1050. The Morgan fingerprint density at radius 1 is 0.968 bits per heavy atom. The van der Waals surface area contributed by atoms with Gasteiger partial charge in [-0.3, -0.25) is 4.79 Å². The van der Waals surface area contributed by atoms with Gasteiger partial charge in [0.1, 0.15) is 0 Å². The summed E-state index contributed by atoms with van der Waals surface area (Å²) in [6, 6.07) is 19.6. The summed E-state index contributed by atoms with van der Waals surface area (Å²) in [7, 11) is 0. The number of hydrogen-bond donors (Lipinski definition) is 1. The van der Waals surface area contributed by atoms with Gasteiger partial charge in [0, 0.05) is 17.8 Å². The van der Waals surface area contributed by atoms with Gasteiger partial charge in [0.15, 0.2) is 0 Å². The minimum Gasteiger partial charge on any atom is -0.481 e. The number of benzene rings is 2. The van der Waals surface area contributed by atoms with E-state index in [0.717, 1.165) is 19.3 Å². The molecule has 1 aromatic heterocycles. The molecule has 3 aromatic rings. The van der Waals surface area contributed by atoms with Crippen molar-refractivity contribution < 1.29 is 9.90 Å². The number of aromatic nitrogens is 1. The molecule has 31 heavy (non-hydrogen) atoms. The highest BCUT2D eigenvalue weighted by atomic mass is 16.4. The van der Waals surface area contributed by atoms with Gasteiger partial charge in [-0.05, 0) is 78.3 Å². The third-order valence-corrected chi connectivity index (χ3v) is 6.32. The molecule has 3 nitrogen and oxygen atoms in total. The summed E-state index contributed by atoms with van der Waals surface area (Å²) in [6.45, 7) is 7.00. The molecule has 1 heterocycles. The van der Waals surface area contributed by atoms with Gasteiger partial charge < -0.3 is 9.67 Å². The molecule has 0 saturated carbocycles. The van der Waals surface area contributed by atoms with E-state index >= 15 is 0 Å². The van der Waals surface area contributed by atoms with Crippen LogP contribution in [0, 0.1) is 0 Å². The number of aryl methyl sites for hydroxylation is 1. The minimum atomic E-state index is -0.724. The number of carboxylic acid groups (broad SMARTS) is 1. The quantitative estimate of drug-likeness (QED) is 0.485. The third-order valence-electron chi connectivity index (χ3n) is 6.32. The van der Waals surface area contributed by atoms with E-state index in [9.17, 15) is 4.79 Å². The lowest BCUT2D eigenvalue weighted by Crippen LogP contribution is -2.15. The summed E-state index contributed by atoms with van der Waals surface area (Å²) >= 11 is 0. The van der Waals surface area contributed by atoms with Gasteiger partial charge in [-0.1, -0.05) is 63.2 Å². The van der Waals surface area contributed by atoms with Gasteiger partial charge >= 0.3 is 5.97 Å². The summed E-state index contributed by atoms with van der Waals surface area (Å²) in [5.74, 6) is -0.724. The van der Waals surface area contributed by atoms with Crippen LogP contribution < -0.4 is 0 Å². The number of rotatable bonds is 6. The SMILES string of the molecule is CC(C)(C)c1c2c(n(-c3ccc(CCCC(=O)O)cc3)c1-c1ccccc1)CCCC2. The molecule has 0 aliphatic heterocycles. The molecule has 0 saturated heterocycles. The van der Waals surface area contributed by atoms with Crippen molar-refractivity contribution in [3.63, 3.8) is 0 Å². The van der Waals surface area contributed by atoms with Gasteiger partial charge in [0.05, 0.1) is 5.69 Å². The van der Waals surface area contributed by atoms with Crippen LogP contribution in [0.1, 0.15) is 68.8 Å². The topological polar surface area (TPSA) is 42.2 Å². The number of aliphatic carboxylic acids is 1. The second-order valence-corrected chi connectivity index (χ2v) is 9.72. The monoisotopic (exact) mass is 415 g/mol. The van der Waals surface area contributed by atoms with Crippen LogP contribution in [0.5, 0.6) is 0 Å². The number of carbonyl (C=O) groups is 1. The van der Waals surface area contributed by atoms with Crippen molar-refractivity contribution in [1.82, 2.24) is 4.57 Å². The second-order valence-electron chi connectivity index (χ2n) is 9.72. The van der Waals surface area contributed by atoms with Gasteiger partial charge in [0.2, 0.25) is 0 Å². The molecular weight excluding hydrogens is 382 g/mol. The molecule has 0 atom stereocenters. The van der Waals surface area contributed by atoms with E-state index in [1.807, 2.05) is 0 Å². The Balaban J connectivity index is 1.84. The fourth-order valence-electron chi connectivity index (χ4n) is 5.01. The van der Waals surface area contributed by atoms with Gasteiger partial charge in [-0.2, -0.15) is 0 Å². The Labute approximate surface area is 185 Å². The summed E-state index contributed by atoms with van der Waals surface area (Å²) in [5.41, 5.74) is 9.56. The standard InChI is InChI=1S/C28H33NO2/c1-28(2,3)26-23-13-7-8-14-24(23)29(27(26)21-11-5-4-6-12-21)22-18-16-20(17-19-22)10-9-15-25(30)31/h4-6,11-12,16-19H,7-10,13-15H2,1-3H3,(H,30,31). The van der Waals surface area contributed by atoms with Crippen LogP contribution >= 0.6 is 0 Å². The van der Waals surface area contributed by atoms with E-state index in [-0.39, 0.29) is 11.8 Å². The maximum atomic E-state index is 10.8. The van der Waals surface area contributed by atoms with Crippen LogP contribution in [0.25, 0.3) is 16.9 Å². The van der Waals surface area contributed by atoms with Crippen LogP contribution in [0.3, 0.4) is 0 Å². The van der Waals surface area contributed by atoms with E-state index in [1.165, 1.54) is 46.6 Å². The molecule has 1 N–H and O–H groups in total. The molecule has 0 unspecified atom stereocenters. The smallest absolute Gasteiger partial charge is 0.303 e. The van der Waals surface area contributed by atoms with Crippen molar-refractivity contribution in [2.24, 2.45) is 0 Å². The fourth-order valence-corrected chi connectivity index (χ4v) is 5.01. The Hall–Kier alpha value is -2.81. The lowest BCUT2D eigenvalue weighted by atomic mass is 9.80. The largest absolute Gasteiger partial charge is 0.481 e. The predicted octanol–water partition coefficient (Wildman–Crippen LogP) is 6.73.